The van der Waals surface area contributed by atoms with Crippen molar-refractivity contribution in [2.24, 2.45) is 11.8 Å². The molecule has 0 radical (unpaired) electrons. The summed E-state index contributed by atoms with van der Waals surface area (Å²) >= 11 is 0. The van der Waals surface area contributed by atoms with Crippen molar-refractivity contribution in [1.29, 1.82) is 0 Å². The molecule has 1 atom stereocenters. The van der Waals surface area contributed by atoms with Gasteiger partial charge in [0.2, 0.25) is 5.91 Å². The van der Waals surface area contributed by atoms with Gasteiger partial charge in [-0.3, -0.25) is 4.79 Å². The maximum atomic E-state index is 12.5. The van der Waals surface area contributed by atoms with Crippen LogP contribution in [0.1, 0.15) is 59.8 Å². The number of rotatable bonds is 7. The van der Waals surface area contributed by atoms with Gasteiger partial charge in [0.25, 0.3) is 0 Å². The van der Waals surface area contributed by atoms with Gasteiger partial charge in [0.05, 0.1) is 0 Å². The van der Waals surface area contributed by atoms with Crippen molar-refractivity contribution in [3.8, 4) is 0 Å². The third-order valence-electron chi connectivity index (χ3n) is 3.93. The van der Waals surface area contributed by atoms with Crippen molar-refractivity contribution in [3.05, 3.63) is 0 Å². The molecule has 3 nitrogen and oxygen atoms in total. The fourth-order valence-electron chi connectivity index (χ4n) is 3.17. The van der Waals surface area contributed by atoms with Gasteiger partial charge in [0.15, 0.2) is 0 Å². The number of amides is 1. The molecule has 0 aliphatic carbocycles. The van der Waals surface area contributed by atoms with Gasteiger partial charge < -0.3 is 10.2 Å². The van der Waals surface area contributed by atoms with E-state index in [0.29, 0.717) is 23.8 Å². The van der Waals surface area contributed by atoms with E-state index in [9.17, 15) is 4.79 Å². The zero-order valence-corrected chi connectivity index (χ0v) is 14.5. The minimum Gasteiger partial charge on any atom is -0.340 e. The highest BCUT2D eigenvalue weighted by Gasteiger charge is 2.25. The van der Waals surface area contributed by atoms with E-state index in [-0.39, 0.29) is 12.4 Å². The fraction of sp³-hybridized carbons (Fsp3) is 0.938. The van der Waals surface area contributed by atoms with Crippen molar-refractivity contribution in [2.75, 3.05) is 19.6 Å². The molecule has 0 spiro atoms. The minimum atomic E-state index is 0. The summed E-state index contributed by atoms with van der Waals surface area (Å²) in [6.45, 7) is 11.9. The third-order valence-corrected chi connectivity index (χ3v) is 3.93. The van der Waals surface area contributed by atoms with Crippen molar-refractivity contribution in [3.63, 3.8) is 0 Å². The smallest absolute Gasteiger partial charge is 0.223 e. The molecule has 0 bridgehead atoms. The van der Waals surface area contributed by atoms with Crippen molar-refractivity contribution >= 4 is 18.3 Å². The van der Waals surface area contributed by atoms with Gasteiger partial charge in [-0.15, -0.1) is 12.4 Å². The van der Waals surface area contributed by atoms with E-state index in [4.69, 9.17) is 0 Å². The topological polar surface area (TPSA) is 32.3 Å². The molecule has 1 amide bonds. The molecular formula is C16H33ClN2O. The number of halogens is 1. The Bertz CT molecular complexity index is 265. The van der Waals surface area contributed by atoms with Gasteiger partial charge in [-0.1, -0.05) is 27.7 Å². The number of carbonyl (C=O) groups excluding carboxylic acids is 1. The summed E-state index contributed by atoms with van der Waals surface area (Å²) in [7, 11) is 0. The van der Waals surface area contributed by atoms with Gasteiger partial charge in [-0.05, 0) is 50.6 Å². The number of nitrogens with one attached hydrogen (secondary N) is 1. The normalized spacial score (nSPS) is 17.6. The van der Waals surface area contributed by atoms with E-state index in [1.807, 2.05) is 0 Å². The maximum Gasteiger partial charge on any atom is 0.223 e. The summed E-state index contributed by atoms with van der Waals surface area (Å²) in [5, 5.41) is 3.38. The maximum absolute atomic E-state index is 12.5. The van der Waals surface area contributed by atoms with Gasteiger partial charge in [-0.25, -0.2) is 0 Å². The second kappa shape index (κ2) is 10.4. The van der Waals surface area contributed by atoms with Crippen LogP contribution in [0.4, 0.5) is 0 Å². The van der Waals surface area contributed by atoms with Crippen LogP contribution < -0.4 is 5.32 Å². The lowest BCUT2D eigenvalue weighted by molar-refractivity contribution is -0.135. The Morgan fingerprint density at radius 2 is 1.85 bits per heavy atom. The summed E-state index contributed by atoms with van der Waals surface area (Å²) < 4.78 is 0. The molecule has 20 heavy (non-hydrogen) atoms. The van der Waals surface area contributed by atoms with Gasteiger partial charge in [0, 0.05) is 19.0 Å². The number of hydrogen-bond acceptors (Lipinski definition) is 2. The van der Waals surface area contributed by atoms with E-state index in [1.165, 1.54) is 0 Å². The molecule has 4 heteroatoms. The van der Waals surface area contributed by atoms with Crippen molar-refractivity contribution in [2.45, 2.75) is 65.8 Å². The van der Waals surface area contributed by atoms with Crippen molar-refractivity contribution < 1.29 is 4.79 Å². The summed E-state index contributed by atoms with van der Waals surface area (Å²) in [5.41, 5.74) is 0. The SMILES string of the molecule is CCCN(C(=O)CC(C)CC(C)C)C1CCNCC1.Cl. The van der Waals surface area contributed by atoms with Gasteiger partial charge in [-0.2, -0.15) is 0 Å². The zero-order valence-electron chi connectivity index (χ0n) is 13.7. The number of carbonyl (C=O) groups is 1. The van der Waals surface area contributed by atoms with E-state index >= 15 is 0 Å². The molecule has 1 N–H and O–H groups in total. The molecule has 1 rings (SSSR count). The molecule has 0 aromatic carbocycles. The second-order valence-electron chi connectivity index (χ2n) is 6.51. The lowest BCUT2D eigenvalue weighted by Crippen LogP contribution is -2.46. The van der Waals surface area contributed by atoms with Crippen molar-refractivity contribution in [1.82, 2.24) is 10.2 Å². The Hall–Kier alpha value is -0.280. The summed E-state index contributed by atoms with van der Waals surface area (Å²) in [6.07, 6.45) is 5.17. The lowest BCUT2D eigenvalue weighted by Gasteiger charge is -2.35. The average molecular weight is 305 g/mol. The number of hydrogen-bond donors (Lipinski definition) is 1. The molecule has 1 heterocycles. The van der Waals surface area contributed by atoms with Gasteiger partial charge in [0.1, 0.15) is 0 Å². The number of piperidine rings is 1. The van der Waals surface area contributed by atoms with Crippen LogP contribution in [0.15, 0.2) is 0 Å². The minimum absolute atomic E-state index is 0. The summed E-state index contributed by atoms with van der Waals surface area (Å²) in [6, 6.07) is 0.472. The van der Waals surface area contributed by atoms with E-state index in [0.717, 1.165) is 51.7 Å². The van der Waals surface area contributed by atoms with Crippen LogP contribution in [0.5, 0.6) is 0 Å². The first kappa shape index (κ1) is 19.7. The van der Waals surface area contributed by atoms with E-state index in [2.05, 4.69) is 37.9 Å². The van der Waals surface area contributed by atoms with Crippen LogP contribution in [-0.2, 0) is 4.79 Å². The fourth-order valence-corrected chi connectivity index (χ4v) is 3.17. The molecule has 1 saturated heterocycles. The number of nitrogens with zero attached hydrogens (tertiary/aromatic N) is 1. The van der Waals surface area contributed by atoms with Gasteiger partial charge >= 0.3 is 0 Å². The second-order valence-corrected chi connectivity index (χ2v) is 6.51. The van der Waals surface area contributed by atoms with E-state index < -0.39 is 0 Å². The van der Waals surface area contributed by atoms with Crippen LogP contribution in [0.2, 0.25) is 0 Å². The Morgan fingerprint density at radius 3 is 2.35 bits per heavy atom. The Balaban J connectivity index is 0.00000361. The predicted octanol–water partition coefficient (Wildman–Crippen LogP) is 3.47. The molecule has 1 aliphatic rings. The molecule has 1 unspecified atom stereocenters. The quantitative estimate of drug-likeness (QED) is 0.781. The molecular weight excluding hydrogens is 272 g/mol. The molecule has 1 fully saturated rings. The standard InChI is InChI=1S/C16H32N2O.ClH/c1-5-10-18(15-6-8-17-9-7-15)16(19)12-14(4)11-13(2)3;/h13-15,17H,5-12H2,1-4H3;1H. The molecule has 0 aromatic heterocycles. The predicted molar refractivity (Wildman–Crippen MR) is 88.4 cm³/mol. The first-order chi connectivity index (χ1) is 9.04. The first-order valence-corrected chi connectivity index (χ1v) is 8.04. The highest BCUT2D eigenvalue weighted by atomic mass is 35.5. The summed E-state index contributed by atoms with van der Waals surface area (Å²) in [4.78, 5) is 14.7. The van der Waals surface area contributed by atoms with Crippen LogP contribution in [0.3, 0.4) is 0 Å². The first-order valence-electron chi connectivity index (χ1n) is 8.04. The zero-order chi connectivity index (χ0) is 14.3. The molecule has 0 saturated carbocycles. The van der Waals surface area contributed by atoms with Crippen LogP contribution >= 0.6 is 12.4 Å². The Kier molecular flexibility index (Phi) is 10.3. The lowest BCUT2D eigenvalue weighted by atomic mass is 9.94. The Labute approximate surface area is 131 Å². The highest BCUT2D eigenvalue weighted by molar-refractivity contribution is 5.85. The third kappa shape index (κ3) is 6.94. The largest absolute Gasteiger partial charge is 0.340 e. The molecule has 1 aliphatic heterocycles. The summed E-state index contributed by atoms with van der Waals surface area (Å²) in [5.74, 6) is 1.57. The van der Waals surface area contributed by atoms with Crippen LogP contribution in [0.25, 0.3) is 0 Å². The Morgan fingerprint density at radius 1 is 1.25 bits per heavy atom. The monoisotopic (exact) mass is 304 g/mol. The average Bonchev–Trinajstić information content (AvgIpc) is 2.35. The molecule has 0 aromatic rings. The van der Waals surface area contributed by atoms with E-state index in [1.54, 1.807) is 0 Å². The van der Waals surface area contributed by atoms with Crippen LogP contribution in [-0.4, -0.2) is 36.5 Å². The molecule has 120 valence electrons. The van der Waals surface area contributed by atoms with Crippen LogP contribution in [0, 0.1) is 11.8 Å². The highest BCUT2D eigenvalue weighted by Crippen LogP contribution is 2.19.